The third kappa shape index (κ3) is 5.75. The minimum atomic E-state index is -1.09. The molecule has 0 heterocycles. The molecule has 0 aliphatic heterocycles. The lowest BCUT2D eigenvalue weighted by Crippen LogP contribution is -2.18. The van der Waals surface area contributed by atoms with E-state index in [0.29, 0.717) is 12.3 Å². The summed E-state index contributed by atoms with van der Waals surface area (Å²) < 4.78 is 13.6. The van der Waals surface area contributed by atoms with Crippen LogP contribution in [-0.2, 0) is 6.42 Å². The molecule has 2 heteroatoms. The molecule has 0 radical (unpaired) electrons. The van der Waals surface area contributed by atoms with E-state index in [0.717, 1.165) is 6.42 Å². The minimum absolute atomic E-state index is 0.0799. The molecule has 2 atom stereocenters. The van der Waals surface area contributed by atoms with Gasteiger partial charge in [0, 0.05) is 0 Å². The minimum Gasteiger partial charge on any atom is -0.303 e. The Bertz CT molecular complexity index is 459. The molecule has 20 heavy (non-hydrogen) atoms. The lowest BCUT2D eigenvalue weighted by molar-refractivity contribution is 0.173. The highest BCUT2D eigenvalue weighted by molar-refractivity contribution is 5.30. The van der Waals surface area contributed by atoms with Gasteiger partial charge in [0.05, 0.1) is 6.04 Å². The molecule has 1 rings (SSSR count). The first kappa shape index (κ1) is 16.7. The van der Waals surface area contributed by atoms with Gasteiger partial charge in [0.25, 0.3) is 0 Å². The molecule has 2 unspecified atom stereocenters. The zero-order chi connectivity index (χ0) is 15.2. The lowest BCUT2D eigenvalue weighted by Gasteiger charge is -2.20. The average Bonchev–Trinajstić information content (AvgIpc) is 2.34. The number of nitrogens with one attached hydrogen (secondary N) is 1. The van der Waals surface area contributed by atoms with Crippen LogP contribution in [0.3, 0.4) is 0 Å². The van der Waals surface area contributed by atoms with E-state index in [2.05, 4.69) is 48.3 Å². The van der Waals surface area contributed by atoms with Crippen LogP contribution < -0.4 is 5.32 Å². The molecule has 1 aromatic rings. The molecule has 0 saturated heterocycles. The van der Waals surface area contributed by atoms with E-state index in [-0.39, 0.29) is 6.04 Å². The Labute approximate surface area is 123 Å². The maximum atomic E-state index is 13.6. The van der Waals surface area contributed by atoms with Crippen LogP contribution in [0.25, 0.3) is 0 Å². The Kier molecular flexibility index (Phi) is 6.23. The molecule has 0 spiro atoms. The molecule has 1 nitrogen and oxygen atoms in total. The largest absolute Gasteiger partial charge is 0.303 e. The molecule has 0 fully saturated rings. The van der Waals surface area contributed by atoms with Crippen molar-refractivity contribution < 1.29 is 4.39 Å². The first-order valence-corrected chi connectivity index (χ1v) is 7.23. The quantitative estimate of drug-likeness (QED) is 0.764. The monoisotopic (exact) mass is 275 g/mol. The summed E-state index contributed by atoms with van der Waals surface area (Å²) in [7, 11) is 1.91. The Morgan fingerprint density at radius 1 is 1.25 bits per heavy atom. The van der Waals surface area contributed by atoms with Crippen molar-refractivity contribution in [1.29, 1.82) is 0 Å². The van der Waals surface area contributed by atoms with Crippen molar-refractivity contribution in [2.24, 2.45) is 5.92 Å². The van der Waals surface area contributed by atoms with Crippen molar-refractivity contribution in [3.8, 4) is 11.8 Å². The molecule has 0 amide bonds. The number of halogens is 1. The molecule has 1 aromatic carbocycles. The van der Waals surface area contributed by atoms with Crippen LogP contribution in [0.1, 0.15) is 51.3 Å². The van der Waals surface area contributed by atoms with Gasteiger partial charge in [-0.25, -0.2) is 4.39 Å². The first-order valence-electron chi connectivity index (χ1n) is 7.23. The summed E-state index contributed by atoms with van der Waals surface area (Å²) in [5.74, 6) is 6.41. The fourth-order valence-electron chi connectivity index (χ4n) is 2.62. The van der Waals surface area contributed by atoms with E-state index in [4.69, 9.17) is 0 Å². The highest BCUT2D eigenvalue weighted by atomic mass is 19.1. The van der Waals surface area contributed by atoms with Gasteiger partial charge >= 0.3 is 0 Å². The Balaban J connectivity index is 2.68. The van der Waals surface area contributed by atoms with Crippen molar-refractivity contribution in [1.82, 2.24) is 5.32 Å². The van der Waals surface area contributed by atoms with Gasteiger partial charge in [-0.2, -0.15) is 0 Å². The van der Waals surface area contributed by atoms with E-state index >= 15 is 0 Å². The summed E-state index contributed by atoms with van der Waals surface area (Å²) in [5, 5.41) is 3.19. The molecular formula is C18H26FN. The van der Waals surface area contributed by atoms with E-state index < -0.39 is 5.67 Å². The summed E-state index contributed by atoms with van der Waals surface area (Å²) in [6.07, 6.45) is 1.51. The topological polar surface area (TPSA) is 12.0 Å². The highest BCUT2D eigenvalue weighted by Crippen LogP contribution is 2.23. The molecule has 0 bridgehead atoms. The van der Waals surface area contributed by atoms with Crippen LogP contribution in [-0.4, -0.2) is 12.7 Å². The van der Waals surface area contributed by atoms with Gasteiger partial charge in [-0.1, -0.05) is 37.1 Å². The number of rotatable bonds is 6. The highest BCUT2D eigenvalue weighted by Gasteiger charge is 2.19. The van der Waals surface area contributed by atoms with Crippen molar-refractivity contribution in [3.05, 3.63) is 35.4 Å². The molecule has 0 aromatic heterocycles. The fourth-order valence-corrected chi connectivity index (χ4v) is 2.62. The molecule has 0 aliphatic carbocycles. The molecule has 1 N–H and O–H groups in total. The third-order valence-electron chi connectivity index (χ3n) is 3.31. The van der Waals surface area contributed by atoms with Crippen molar-refractivity contribution in [2.45, 2.75) is 52.2 Å². The normalized spacial score (nSPS) is 14.3. The van der Waals surface area contributed by atoms with Crippen LogP contribution in [0.15, 0.2) is 24.3 Å². The van der Waals surface area contributed by atoms with Gasteiger partial charge in [-0.3, -0.25) is 0 Å². The second-order valence-corrected chi connectivity index (χ2v) is 6.09. The summed E-state index contributed by atoms with van der Waals surface area (Å²) in [4.78, 5) is 0. The SMILES string of the molecule is CC#CC(NC)c1ccc(CC(C)CC(C)(C)F)cc1. The van der Waals surface area contributed by atoms with Gasteiger partial charge in [-0.15, -0.1) is 5.92 Å². The van der Waals surface area contributed by atoms with Crippen LogP contribution in [0.4, 0.5) is 4.39 Å². The molecular weight excluding hydrogens is 249 g/mol. The van der Waals surface area contributed by atoms with Crippen molar-refractivity contribution >= 4 is 0 Å². The standard InChI is InChI=1S/C18H26FN/c1-6-7-17(20-5)16-10-8-15(9-11-16)12-14(2)13-18(3,4)19/h8-11,14,17,20H,12-13H2,1-5H3. The van der Waals surface area contributed by atoms with Crippen molar-refractivity contribution in [2.75, 3.05) is 7.05 Å². The van der Waals surface area contributed by atoms with Gasteiger partial charge < -0.3 is 5.32 Å². The van der Waals surface area contributed by atoms with Gasteiger partial charge in [-0.05, 0) is 57.7 Å². The van der Waals surface area contributed by atoms with E-state index in [9.17, 15) is 4.39 Å². The predicted octanol–water partition coefficient (Wildman–Crippen LogP) is 4.29. The van der Waals surface area contributed by atoms with E-state index in [1.165, 1.54) is 11.1 Å². The fraction of sp³-hybridized carbons (Fsp3) is 0.556. The summed E-state index contributed by atoms with van der Waals surface area (Å²) in [6, 6.07) is 8.54. The zero-order valence-electron chi connectivity index (χ0n) is 13.3. The first-order chi connectivity index (χ1) is 9.35. The molecule has 110 valence electrons. The Hall–Kier alpha value is -1.33. The van der Waals surface area contributed by atoms with Gasteiger partial charge in [0.1, 0.15) is 5.67 Å². The number of hydrogen-bond acceptors (Lipinski definition) is 1. The summed E-state index contributed by atoms with van der Waals surface area (Å²) in [6.45, 7) is 7.24. The van der Waals surface area contributed by atoms with Crippen LogP contribution in [0, 0.1) is 17.8 Å². The number of hydrogen-bond donors (Lipinski definition) is 1. The molecule has 0 saturated carbocycles. The van der Waals surface area contributed by atoms with E-state index in [1.54, 1.807) is 13.8 Å². The Morgan fingerprint density at radius 3 is 2.30 bits per heavy atom. The molecule has 0 aliphatic rings. The second-order valence-electron chi connectivity index (χ2n) is 6.09. The summed E-state index contributed by atoms with van der Waals surface area (Å²) in [5.41, 5.74) is 1.33. The average molecular weight is 275 g/mol. The van der Waals surface area contributed by atoms with Crippen LogP contribution >= 0.6 is 0 Å². The second kappa shape index (κ2) is 7.45. The predicted molar refractivity (Wildman–Crippen MR) is 84.4 cm³/mol. The maximum absolute atomic E-state index is 13.6. The lowest BCUT2D eigenvalue weighted by atomic mass is 9.90. The van der Waals surface area contributed by atoms with E-state index in [1.807, 2.05) is 14.0 Å². The van der Waals surface area contributed by atoms with Crippen molar-refractivity contribution in [3.63, 3.8) is 0 Å². The number of alkyl halides is 1. The summed E-state index contributed by atoms with van der Waals surface area (Å²) >= 11 is 0. The van der Waals surface area contributed by atoms with Gasteiger partial charge in [0.15, 0.2) is 0 Å². The smallest absolute Gasteiger partial charge is 0.105 e. The zero-order valence-corrected chi connectivity index (χ0v) is 13.3. The van der Waals surface area contributed by atoms with Crippen LogP contribution in [0.2, 0.25) is 0 Å². The van der Waals surface area contributed by atoms with Crippen LogP contribution in [0.5, 0.6) is 0 Å². The Morgan fingerprint density at radius 2 is 1.85 bits per heavy atom. The number of benzene rings is 1. The third-order valence-corrected chi connectivity index (χ3v) is 3.31. The maximum Gasteiger partial charge on any atom is 0.105 e. The van der Waals surface area contributed by atoms with Gasteiger partial charge in [0.2, 0.25) is 0 Å².